The van der Waals surface area contributed by atoms with Gasteiger partial charge in [-0.25, -0.2) is 12.8 Å². The predicted molar refractivity (Wildman–Crippen MR) is 97.8 cm³/mol. The lowest BCUT2D eigenvalue weighted by Crippen LogP contribution is -2.29. The molecule has 0 atom stereocenters. The van der Waals surface area contributed by atoms with Crippen molar-refractivity contribution in [3.05, 3.63) is 65.2 Å². The number of Topliss-reactive ketones (excluding diaryl/α,β-unsaturated/α-hetero) is 1. The topological polar surface area (TPSA) is 60.4 Å². The van der Waals surface area contributed by atoms with Crippen LogP contribution >= 0.6 is 0 Å². The van der Waals surface area contributed by atoms with Gasteiger partial charge < -0.3 is 4.74 Å². The first-order valence-corrected chi connectivity index (χ1v) is 9.96. The largest absolute Gasteiger partial charge is 0.478 e. The average molecular weight is 374 g/mol. The third kappa shape index (κ3) is 3.29. The molecule has 0 fully saturated rings. The van der Waals surface area contributed by atoms with Crippen molar-refractivity contribution in [1.29, 1.82) is 0 Å². The Morgan fingerprint density at radius 1 is 0.962 bits per heavy atom. The highest BCUT2D eigenvalue weighted by atomic mass is 32.2. The van der Waals surface area contributed by atoms with Gasteiger partial charge in [0.1, 0.15) is 12.4 Å². The molecule has 3 rings (SSSR count). The van der Waals surface area contributed by atoms with Crippen molar-refractivity contribution in [1.82, 2.24) is 0 Å². The van der Waals surface area contributed by atoms with E-state index in [0.29, 0.717) is 28.0 Å². The van der Waals surface area contributed by atoms with Gasteiger partial charge in [0.2, 0.25) is 5.78 Å². The molecule has 2 aromatic rings. The predicted octanol–water partition coefficient (Wildman–Crippen LogP) is 3.81. The molecule has 1 heterocycles. The summed E-state index contributed by atoms with van der Waals surface area (Å²) >= 11 is 0. The molecule has 0 bridgehead atoms. The maximum Gasteiger partial charge on any atom is 0.210 e. The number of carbonyl (C=O) groups is 1. The average Bonchev–Trinajstić information content (AvgIpc) is 2.84. The van der Waals surface area contributed by atoms with E-state index in [9.17, 15) is 17.6 Å². The first kappa shape index (κ1) is 18.3. The zero-order valence-corrected chi connectivity index (χ0v) is 15.6. The lowest BCUT2D eigenvalue weighted by atomic mass is 9.92. The number of rotatable bonds is 4. The SMILES string of the molecule is CC1(C)OC(c2ccc(S(C)(=O)=O)cc2)=C(c2ccc(CF)cc2)C1=O. The Labute approximate surface area is 152 Å². The molecule has 0 spiro atoms. The minimum atomic E-state index is -3.31. The van der Waals surface area contributed by atoms with Gasteiger partial charge in [0.25, 0.3) is 0 Å². The Bertz CT molecular complexity index is 985. The Hall–Kier alpha value is -2.47. The van der Waals surface area contributed by atoms with Gasteiger partial charge in [-0.1, -0.05) is 24.3 Å². The normalized spacial score (nSPS) is 16.7. The van der Waals surface area contributed by atoms with Crippen LogP contribution in [0.25, 0.3) is 11.3 Å². The zero-order chi connectivity index (χ0) is 19.1. The van der Waals surface area contributed by atoms with Crippen molar-refractivity contribution < 1.29 is 22.3 Å². The number of halogens is 1. The molecule has 0 saturated carbocycles. The summed E-state index contributed by atoms with van der Waals surface area (Å²) in [5.41, 5.74) is 1.16. The van der Waals surface area contributed by atoms with Crippen LogP contribution in [0.4, 0.5) is 4.39 Å². The molecule has 1 aliphatic rings. The first-order valence-electron chi connectivity index (χ1n) is 8.07. The number of sulfone groups is 1. The summed E-state index contributed by atoms with van der Waals surface area (Å²) in [4.78, 5) is 13.0. The van der Waals surface area contributed by atoms with Gasteiger partial charge in [-0.05, 0) is 49.2 Å². The van der Waals surface area contributed by atoms with E-state index in [2.05, 4.69) is 0 Å². The van der Waals surface area contributed by atoms with Crippen LogP contribution in [-0.2, 0) is 26.0 Å². The fourth-order valence-electron chi connectivity index (χ4n) is 2.84. The van der Waals surface area contributed by atoms with E-state index in [-0.39, 0.29) is 10.7 Å². The standard InChI is InChI=1S/C20H19FO4S/c1-20(2)19(22)17(14-6-4-13(12-21)5-7-14)18(25-20)15-8-10-16(11-9-15)26(3,23)24/h4-11H,12H2,1-3H3. The van der Waals surface area contributed by atoms with E-state index in [1.165, 1.54) is 12.1 Å². The Morgan fingerprint density at radius 2 is 1.50 bits per heavy atom. The van der Waals surface area contributed by atoms with Gasteiger partial charge in [-0.3, -0.25) is 4.79 Å². The smallest absolute Gasteiger partial charge is 0.210 e. The Kier molecular flexibility index (Phi) is 4.48. The molecule has 1 aliphatic heterocycles. The van der Waals surface area contributed by atoms with Crippen molar-refractivity contribution >= 4 is 27.0 Å². The quantitative estimate of drug-likeness (QED) is 0.817. The minimum Gasteiger partial charge on any atom is -0.478 e. The van der Waals surface area contributed by atoms with Crippen molar-refractivity contribution in [2.24, 2.45) is 0 Å². The highest BCUT2D eigenvalue weighted by Crippen LogP contribution is 2.41. The fourth-order valence-corrected chi connectivity index (χ4v) is 3.47. The summed E-state index contributed by atoms with van der Waals surface area (Å²) in [5, 5.41) is 0. The summed E-state index contributed by atoms with van der Waals surface area (Å²) in [6, 6.07) is 12.9. The van der Waals surface area contributed by atoms with Crippen molar-refractivity contribution in [3.8, 4) is 0 Å². The molecule has 2 aromatic carbocycles. The molecule has 6 heteroatoms. The third-order valence-electron chi connectivity index (χ3n) is 4.30. The maximum atomic E-state index is 12.8. The van der Waals surface area contributed by atoms with E-state index in [1.54, 1.807) is 50.2 Å². The second-order valence-corrected chi connectivity index (χ2v) is 8.79. The van der Waals surface area contributed by atoms with Gasteiger partial charge in [0.05, 0.1) is 10.5 Å². The van der Waals surface area contributed by atoms with Crippen LogP contribution in [-0.4, -0.2) is 26.1 Å². The van der Waals surface area contributed by atoms with Gasteiger partial charge in [0, 0.05) is 11.8 Å². The number of hydrogen-bond acceptors (Lipinski definition) is 4. The lowest BCUT2D eigenvalue weighted by Gasteiger charge is -2.17. The van der Waals surface area contributed by atoms with E-state index in [4.69, 9.17) is 4.74 Å². The first-order chi connectivity index (χ1) is 12.1. The monoisotopic (exact) mass is 374 g/mol. The van der Waals surface area contributed by atoms with Crippen molar-refractivity contribution in [2.45, 2.75) is 31.0 Å². The van der Waals surface area contributed by atoms with Gasteiger partial charge in [-0.2, -0.15) is 0 Å². The highest BCUT2D eigenvalue weighted by Gasteiger charge is 2.42. The molecule has 0 aliphatic carbocycles. The van der Waals surface area contributed by atoms with Crippen molar-refractivity contribution in [2.75, 3.05) is 6.26 Å². The molecule has 0 N–H and O–H groups in total. The number of carbonyl (C=O) groups excluding carboxylic acids is 1. The molecule has 0 radical (unpaired) electrons. The van der Waals surface area contributed by atoms with E-state index < -0.39 is 22.1 Å². The second-order valence-electron chi connectivity index (χ2n) is 6.77. The second kappa shape index (κ2) is 6.36. The lowest BCUT2D eigenvalue weighted by molar-refractivity contribution is -0.125. The molecule has 136 valence electrons. The van der Waals surface area contributed by atoms with Gasteiger partial charge in [-0.15, -0.1) is 0 Å². The fraction of sp³-hybridized carbons (Fsp3) is 0.250. The zero-order valence-electron chi connectivity index (χ0n) is 14.7. The Balaban J connectivity index is 2.13. The molecule has 0 amide bonds. The van der Waals surface area contributed by atoms with Crippen LogP contribution in [0.1, 0.15) is 30.5 Å². The summed E-state index contributed by atoms with van der Waals surface area (Å²) in [7, 11) is -3.31. The molecular formula is C20H19FO4S. The van der Waals surface area contributed by atoms with Gasteiger partial charge in [0.15, 0.2) is 15.4 Å². The number of benzene rings is 2. The maximum absolute atomic E-state index is 12.8. The van der Waals surface area contributed by atoms with Crippen LogP contribution in [0.15, 0.2) is 53.4 Å². The van der Waals surface area contributed by atoms with Crippen LogP contribution in [0.3, 0.4) is 0 Å². The van der Waals surface area contributed by atoms with Crippen LogP contribution in [0.5, 0.6) is 0 Å². The summed E-state index contributed by atoms with van der Waals surface area (Å²) in [5.74, 6) is 0.223. The van der Waals surface area contributed by atoms with E-state index >= 15 is 0 Å². The third-order valence-corrected chi connectivity index (χ3v) is 5.43. The van der Waals surface area contributed by atoms with Crippen LogP contribution in [0, 0.1) is 0 Å². The Morgan fingerprint density at radius 3 is 2.00 bits per heavy atom. The summed E-state index contributed by atoms with van der Waals surface area (Å²) in [6.45, 7) is 2.79. The highest BCUT2D eigenvalue weighted by molar-refractivity contribution is 7.90. The number of alkyl halides is 1. The molecule has 0 unspecified atom stereocenters. The minimum absolute atomic E-state index is 0.173. The molecule has 0 aromatic heterocycles. The van der Waals surface area contributed by atoms with Gasteiger partial charge >= 0.3 is 0 Å². The number of hydrogen-bond donors (Lipinski definition) is 0. The molecule has 0 saturated heterocycles. The molecule has 26 heavy (non-hydrogen) atoms. The van der Waals surface area contributed by atoms with E-state index in [1.807, 2.05) is 0 Å². The van der Waals surface area contributed by atoms with Crippen LogP contribution in [0.2, 0.25) is 0 Å². The summed E-state index contributed by atoms with van der Waals surface area (Å²) < 4.78 is 41.9. The number of ketones is 1. The van der Waals surface area contributed by atoms with E-state index in [0.717, 1.165) is 6.26 Å². The molecule has 4 nitrogen and oxygen atoms in total. The summed E-state index contributed by atoms with van der Waals surface area (Å²) in [6.07, 6.45) is 1.14. The van der Waals surface area contributed by atoms with Crippen LogP contribution < -0.4 is 0 Å². The number of ether oxygens (including phenoxy) is 1. The van der Waals surface area contributed by atoms with Crippen molar-refractivity contribution in [3.63, 3.8) is 0 Å². The molecular weight excluding hydrogens is 355 g/mol.